The largest absolute Gasteiger partial charge is 0.335 e. The third kappa shape index (κ3) is 1.47. The maximum absolute atomic E-state index is 13.0. The standard InChI is InChI=1S/C17H21NOS/c19-17(16-14-10-5-6-11(9-10)15(14)16)18-7-1-3-12(18)13-4-2-8-20-13/h2,4,8,10-12,14-16H,1,3,5-7,9H2/t10-,11-,12-,14-,15+,16?/m0/s1. The molecule has 3 heteroatoms. The van der Waals surface area contributed by atoms with Crippen LogP contribution in [0.25, 0.3) is 0 Å². The Bertz CT molecular complexity index is 523. The molecule has 1 aromatic rings. The van der Waals surface area contributed by atoms with E-state index >= 15 is 0 Å². The van der Waals surface area contributed by atoms with Crippen LogP contribution in [0.5, 0.6) is 0 Å². The third-order valence-electron chi connectivity index (χ3n) is 6.43. The Labute approximate surface area is 124 Å². The molecule has 1 saturated heterocycles. The van der Waals surface area contributed by atoms with Gasteiger partial charge in [0.1, 0.15) is 0 Å². The fraction of sp³-hybridized carbons (Fsp3) is 0.706. The first-order valence-corrected chi connectivity index (χ1v) is 9.06. The molecule has 2 bridgehead atoms. The molecule has 1 aromatic heterocycles. The van der Waals surface area contributed by atoms with E-state index < -0.39 is 0 Å². The molecule has 0 aromatic carbocycles. The van der Waals surface area contributed by atoms with Crippen LogP contribution in [-0.4, -0.2) is 17.4 Å². The molecule has 0 spiro atoms. The third-order valence-corrected chi connectivity index (χ3v) is 7.40. The Morgan fingerprint density at radius 1 is 1.20 bits per heavy atom. The van der Waals surface area contributed by atoms with E-state index in [9.17, 15) is 4.79 Å². The van der Waals surface area contributed by atoms with Gasteiger partial charge in [0.25, 0.3) is 0 Å². The number of carbonyl (C=O) groups excluding carboxylic acids is 1. The molecule has 4 aliphatic rings. The Balaban J connectivity index is 1.37. The number of amides is 1. The monoisotopic (exact) mass is 287 g/mol. The van der Waals surface area contributed by atoms with Gasteiger partial charge in [0.15, 0.2) is 0 Å². The van der Waals surface area contributed by atoms with Crippen molar-refractivity contribution in [3.63, 3.8) is 0 Å². The molecule has 4 fully saturated rings. The van der Waals surface area contributed by atoms with Crippen molar-refractivity contribution in [1.82, 2.24) is 4.90 Å². The van der Waals surface area contributed by atoms with Crippen molar-refractivity contribution in [2.75, 3.05) is 6.54 Å². The van der Waals surface area contributed by atoms with E-state index in [4.69, 9.17) is 0 Å². The Kier molecular flexibility index (Phi) is 2.41. The quantitative estimate of drug-likeness (QED) is 0.812. The summed E-state index contributed by atoms with van der Waals surface area (Å²) in [6.07, 6.45) is 6.60. The molecule has 2 heterocycles. The first-order valence-electron chi connectivity index (χ1n) is 8.18. The van der Waals surface area contributed by atoms with Gasteiger partial charge in [0.2, 0.25) is 5.91 Å². The van der Waals surface area contributed by atoms with Crippen LogP contribution in [0.15, 0.2) is 17.5 Å². The number of hydrogen-bond acceptors (Lipinski definition) is 2. The lowest BCUT2D eigenvalue weighted by atomic mass is 10.0. The van der Waals surface area contributed by atoms with Crippen molar-refractivity contribution < 1.29 is 4.79 Å². The number of likely N-dealkylation sites (tertiary alicyclic amines) is 1. The molecule has 106 valence electrons. The van der Waals surface area contributed by atoms with Gasteiger partial charge in [-0.2, -0.15) is 0 Å². The summed E-state index contributed by atoms with van der Waals surface area (Å²) in [6.45, 7) is 0.993. The minimum absolute atomic E-state index is 0.390. The van der Waals surface area contributed by atoms with Crippen LogP contribution < -0.4 is 0 Å². The molecule has 20 heavy (non-hydrogen) atoms. The maximum Gasteiger partial charge on any atom is 0.226 e. The second-order valence-corrected chi connectivity index (χ2v) is 8.20. The molecule has 1 unspecified atom stereocenters. The van der Waals surface area contributed by atoms with Crippen LogP contribution in [0.3, 0.4) is 0 Å². The molecule has 6 atom stereocenters. The van der Waals surface area contributed by atoms with E-state index in [-0.39, 0.29) is 0 Å². The molecule has 1 amide bonds. The van der Waals surface area contributed by atoms with Gasteiger partial charge >= 0.3 is 0 Å². The molecule has 5 rings (SSSR count). The zero-order valence-corrected chi connectivity index (χ0v) is 12.5. The lowest BCUT2D eigenvalue weighted by molar-refractivity contribution is -0.134. The summed E-state index contributed by atoms with van der Waals surface area (Å²) in [7, 11) is 0. The molecular formula is C17H21NOS. The number of rotatable bonds is 2. The normalized spacial score (nSPS) is 44.9. The van der Waals surface area contributed by atoms with E-state index in [0.717, 1.165) is 30.2 Å². The lowest BCUT2D eigenvalue weighted by Gasteiger charge is -2.25. The number of fused-ring (bicyclic) bond motifs is 5. The Morgan fingerprint density at radius 2 is 2.00 bits per heavy atom. The van der Waals surface area contributed by atoms with Gasteiger partial charge in [-0.1, -0.05) is 6.07 Å². The number of hydrogen-bond donors (Lipinski definition) is 0. The smallest absolute Gasteiger partial charge is 0.226 e. The van der Waals surface area contributed by atoms with Crippen LogP contribution in [0.2, 0.25) is 0 Å². The van der Waals surface area contributed by atoms with Gasteiger partial charge in [0, 0.05) is 17.3 Å². The van der Waals surface area contributed by atoms with E-state index in [1.54, 1.807) is 0 Å². The van der Waals surface area contributed by atoms with Crippen molar-refractivity contribution in [3.8, 4) is 0 Å². The Hall–Kier alpha value is -0.830. The van der Waals surface area contributed by atoms with Crippen molar-refractivity contribution in [3.05, 3.63) is 22.4 Å². The van der Waals surface area contributed by atoms with Crippen molar-refractivity contribution in [2.24, 2.45) is 29.6 Å². The van der Waals surface area contributed by atoms with E-state index in [2.05, 4.69) is 22.4 Å². The molecule has 0 N–H and O–H groups in total. The summed E-state index contributed by atoms with van der Waals surface area (Å²) in [5.41, 5.74) is 0. The van der Waals surface area contributed by atoms with E-state index in [1.165, 1.54) is 37.0 Å². The van der Waals surface area contributed by atoms with Gasteiger partial charge < -0.3 is 4.90 Å². The molecule has 1 aliphatic heterocycles. The number of thiophene rings is 1. The molecule has 3 aliphatic carbocycles. The zero-order valence-electron chi connectivity index (χ0n) is 11.7. The first-order chi connectivity index (χ1) is 9.84. The maximum atomic E-state index is 13.0. The fourth-order valence-corrected chi connectivity index (χ4v) is 6.53. The summed E-state index contributed by atoms with van der Waals surface area (Å²) < 4.78 is 0. The lowest BCUT2D eigenvalue weighted by Crippen LogP contribution is -2.33. The molecule has 2 nitrogen and oxygen atoms in total. The van der Waals surface area contributed by atoms with E-state index in [1.807, 2.05) is 11.3 Å². The highest BCUT2D eigenvalue weighted by Crippen LogP contribution is 2.70. The first kappa shape index (κ1) is 11.8. The minimum atomic E-state index is 0.390. The fourth-order valence-electron chi connectivity index (χ4n) is 5.65. The highest BCUT2D eigenvalue weighted by molar-refractivity contribution is 7.10. The SMILES string of the molecule is O=C(C1[C@@H]2[C@H]3CC[C@@H](C3)[C@H]12)N1CCC[C@H]1c1cccs1. The highest BCUT2D eigenvalue weighted by atomic mass is 32.1. The minimum Gasteiger partial charge on any atom is -0.335 e. The van der Waals surface area contributed by atoms with Crippen molar-refractivity contribution >= 4 is 17.2 Å². The van der Waals surface area contributed by atoms with Gasteiger partial charge in [-0.25, -0.2) is 0 Å². The predicted octanol–water partition coefficient (Wildman–Crippen LogP) is 3.70. The number of nitrogens with zero attached hydrogens (tertiary/aromatic N) is 1. The predicted molar refractivity (Wildman–Crippen MR) is 79.3 cm³/mol. The topological polar surface area (TPSA) is 20.3 Å². The second-order valence-electron chi connectivity index (χ2n) is 7.22. The van der Waals surface area contributed by atoms with E-state index in [0.29, 0.717) is 17.9 Å². The average Bonchev–Trinajstić information content (AvgIpc) is 3.04. The van der Waals surface area contributed by atoms with Gasteiger partial charge in [-0.15, -0.1) is 11.3 Å². The molecule has 0 radical (unpaired) electrons. The van der Waals surface area contributed by atoms with Crippen molar-refractivity contribution in [2.45, 2.75) is 38.1 Å². The summed E-state index contributed by atoms with van der Waals surface area (Å²) in [4.78, 5) is 16.6. The van der Waals surface area contributed by atoms with Gasteiger partial charge in [0.05, 0.1) is 6.04 Å². The number of carbonyl (C=O) groups is 1. The van der Waals surface area contributed by atoms with Crippen molar-refractivity contribution in [1.29, 1.82) is 0 Å². The summed E-state index contributed by atoms with van der Waals surface area (Å²) in [5, 5.41) is 2.14. The molecule has 3 saturated carbocycles. The van der Waals surface area contributed by atoms with Crippen LogP contribution in [0.4, 0.5) is 0 Å². The Morgan fingerprint density at radius 3 is 2.70 bits per heavy atom. The van der Waals surface area contributed by atoms with Crippen LogP contribution in [0.1, 0.15) is 43.0 Å². The van der Waals surface area contributed by atoms with Gasteiger partial charge in [-0.3, -0.25) is 4.79 Å². The van der Waals surface area contributed by atoms with Crippen LogP contribution >= 0.6 is 11.3 Å². The molecular weight excluding hydrogens is 266 g/mol. The average molecular weight is 287 g/mol. The summed E-state index contributed by atoms with van der Waals surface area (Å²) in [5.74, 6) is 4.30. The van der Waals surface area contributed by atoms with Crippen LogP contribution in [-0.2, 0) is 4.79 Å². The second kappa shape index (κ2) is 4.09. The van der Waals surface area contributed by atoms with Crippen LogP contribution in [0, 0.1) is 29.6 Å². The zero-order chi connectivity index (χ0) is 13.3. The summed E-state index contributed by atoms with van der Waals surface area (Å²) in [6, 6.07) is 4.72. The highest BCUT2D eigenvalue weighted by Gasteiger charge is 2.68. The summed E-state index contributed by atoms with van der Waals surface area (Å²) >= 11 is 1.81. The van der Waals surface area contributed by atoms with Gasteiger partial charge in [-0.05, 0) is 67.2 Å².